The van der Waals surface area contributed by atoms with Crippen LogP contribution in [0.15, 0.2) is 24.3 Å². The summed E-state index contributed by atoms with van der Waals surface area (Å²) in [5.74, 6) is 1.05. The molecule has 1 unspecified atom stereocenters. The zero-order valence-electron chi connectivity index (χ0n) is 13.9. The molecule has 25 heavy (non-hydrogen) atoms. The van der Waals surface area contributed by atoms with E-state index in [4.69, 9.17) is 0 Å². The Labute approximate surface area is 146 Å². The largest absolute Gasteiger partial charge is 0.352 e. The molecule has 2 N–H and O–H groups in total. The minimum atomic E-state index is -2.96. The predicted molar refractivity (Wildman–Crippen MR) is 96.2 cm³/mol. The van der Waals surface area contributed by atoms with Gasteiger partial charge in [0.25, 0.3) is 0 Å². The van der Waals surface area contributed by atoms with Gasteiger partial charge in [0.05, 0.1) is 22.5 Å². The predicted octanol–water partition coefficient (Wildman–Crippen LogP) is 1.08. The van der Waals surface area contributed by atoms with Crippen molar-refractivity contribution in [3.8, 4) is 0 Å². The molecule has 3 heterocycles. The molecule has 4 rings (SSSR count). The van der Waals surface area contributed by atoms with E-state index in [0.29, 0.717) is 6.42 Å². The molecule has 0 bridgehead atoms. The van der Waals surface area contributed by atoms with E-state index >= 15 is 0 Å². The first kappa shape index (κ1) is 16.4. The van der Waals surface area contributed by atoms with Gasteiger partial charge in [0.15, 0.2) is 9.84 Å². The van der Waals surface area contributed by atoms with Crippen molar-refractivity contribution in [3.63, 3.8) is 0 Å². The number of nitrogens with one attached hydrogen (secondary N) is 2. The van der Waals surface area contributed by atoms with Crippen molar-refractivity contribution in [1.29, 1.82) is 0 Å². The standard InChI is InChI=1S/C17H22N4O3S/c22-16(18-13-7-10-25(23,24)11-13)12-5-8-21(9-6-12)17-19-14-3-1-2-4-15(14)20-17/h1-4,12-13H,5-11H2,(H,18,22)(H,19,20). The molecule has 2 fully saturated rings. The van der Waals surface area contributed by atoms with Crippen LogP contribution in [0.25, 0.3) is 11.0 Å². The van der Waals surface area contributed by atoms with Crippen LogP contribution in [0.2, 0.25) is 0 Å². The van der Waals surface area contributed by atoms with Crippen molar-refractivity contribution in [2.45, 2.75) is 25.3 Å². The van der Waals surface area contributed by atoms with E-state index in [1.807, 2.05) is 24.3 Å². The number of aromatic amines is 1. The molecule has 0 radical (unpaired) electrons. The molecule has 2 aromatic rings. The molecular formula is C17H22N4O3S. The number of fused-ring (bicyclic) bond motifs is 1. The molecule has 1 atom stereocenters. The molecule has 2 aliphatic heterocycles. The van der Waals surface area contributed by atoms with Crippen molar-refractivity contribution in [1.82, 2.24) is 15.3 Å². The van der Waals surface area contributed by atoms with Gasteiger partial charge in [-0.25, -0.2) is 13.4 Å². The Kier molecular flexibility index (Phi) is 4.15. The van der Waals surface area contributed by atoms with Crippen molar-refractivity contribution in [2.75, 3.05) is 29.5 Å². The zero-order chi connectivity index (χ0) is 17.4. The van der Waals surface area contributed by atoms with E-state index in [1.54, 1.807) is 0 Å². The van der Waals surface area contributed by atoms with Crippen LogP contribution < -0.4 is 10.2 Å². The molecule has 8 heteroatoms. The third-order valence-electron chi connectivity index (χ3n) is 5.12. The Morgan fingerprint density at radius 2 is 1.96 bits per heavy atom. The third kappa shape index (κ3) is 3.49. The number of aromatic nitrogens is 2. The molecule has 2 saturated heterocycles. The van der Waals surface area contributed by atoms with Gasteiger partial charge >= 0.3 is 0 Å². The minimum absolute atomic E-state index is 0.00800. The lowest BCUT2D eigenvalue weighted by Gasteiger charge is -2.31. The third-order valence-corrected chi connectivity index (χ3v) is 6.89. The average molecular weight is 362 g/mol. The van der Waals surface area contributed by atoms with Crippen LogP contribution in [0.5, 0.6) is 0 Å². The first-order valence-electron chi connectivity index (χ1n) is 8.71. The van der Waals surface area contributed by atoms with Crippen LogP contribution in [-0.2, 0) is 14.6 Å². The number of imidazole rings is 1. The summed E-state index contributed by atoms with van der Waals surface area (Å²) in [6, 6.07) is 7.70. The summed E-state index contributed by atoms with van der Waals surface area (Å²) in [5, 5.41) is 2.92. The van der Waals surface area contributed by atoms with Gasteiger partial charge in [-0.1, -0.05) is 12.1 Å². The Hall–Kier alpha value is -2.09. The number of piperidine rings is 1. The molecule has 1 aromatic carbocycles. The zero-order valence-corrected chi connectivity index (χ0v) is 14.8. The molecule has 134 valence electrons. The Bertz CT molecular complexity index is 851. The van der Waals surface area contributed by atoms with Gasteiger partial charge in [0.2, 0.25) is 11.9 Å². The van der Waals surface area contributed by atoms with Crippen LogP contribution in [0.4, 0.5) is 5.95 Å². The summed E-state index contributed by atoms with van der Waals surface area (Å²) in [7, 11) is -2.96. The van der Waals surface area contributed by atoms with Crippen LogP contribution in [0, 0.1) is 5.92 Å². The topological polar surface area (TPSA) is 95.2 Å². The van der Waals surface area contributed by atoms with E-state index in [0.717, 1.165) is 42.9 Å². The fourth-order valence-electron chi connectivity index (χ4n) is 3.67. The number of H-pyrrole nitrogens is 1. The highest BCUT2D eigenvalue weighted by molar-refractivity contribution is 7.91. The van der Waals surface area contributed by atoms with Crippen LogP contribution in [0.1, 0.15) is 19.3 Å². The monoisotopic (exact) mass is 362 g/mol. The molecular weight excluding hydrogens is 340 g/mol. The highest BCUT2D eigenvalue weighted by Gasteiger charge is 2.32. The summed E-state index contributed by atoms with van der Waals surface area (Å²) in [4.78, 5) is 22.5. The second-order valence-corrected chi connectivity index (χ2v) is 9.18. The number of benzene rings is 1. The van der Waals surface area contributed by atoms with Crippen LogP contribution in [-0.4, -0.2) is 54.9 Å². The number of para-hydroxylation sites is 2. The van der Waals surface area contributed by atoms with Crippen LogP contribution >= 0.6 is 0 Å². The first-order valence-corrected chi connectivity index (χ1v) is 10.5. The maximum atomic E-state index is 12.4. The molecule has 2 aliphatic rings. The van der Waals surface area contributed by atoms with Gasteiger partial charge in [-0.05, 0) is 31.4 Å². The number of carbonyl (C=O) groups is 1. The number of hydrogen-bond donors (Lipinski definition) is 2. The molecule has 0 saturated carbocycles. The SMILES string of the molecule is O=C(NC1CCS(=O)(=O)C1)C1CCN(c2nc3ccccc3[nH]2)CC1. The number of hydrogen-bond acceptors (Lipinski definition) is 5. The average Bonchev–Trinajstić information content (AvgIpc) is 3.18. The molecule has 1 aromatic heterocycles. The summed E-state index contributed by atoms with van der Waals surface area (Å²) < 4.78 is 23.0. The van der Waals surface area contributed by atoms with Gasteiger partial charge in [-0.15, -0.1) is 0 Å². The normalized spacial score (nSPS) is 23.8. The number of sulfone groups is 1. The Morgan fingerprint density at radius 3 is 2.64 bits per heavy atom. The van der Waals surface area contributed by atoms with Gasteiger partial charge in [-0.3, -0.25) is 4.79 Å². The highest BCUT2D eigenvalue weighted by atomic mass is 32.2. The van der Waals surface area contributed by atoms with E-state index in [1.165, 1.54) is 0 Å². The van der Waals surface area contributed by atoms with Gasteiger partial charge < -0.3 is 15.2 Å². The van der Waals surface area contributed by atoms with Crippen molar-refractivity contribution in [2.24, 2.45) is 5.92 Å². The second kappa shape index (κ2) is 6.33. The summed E-state index contributed by atoms with van der Waals surface area (Å²) in [6.07, 6.45) is 2.04. The highest BCUT2D eigenvalue weighted by Crippen LogP contribution is 2.24. The van der Waals surface area contributed by atoms with Crippen LogP contribution in [0.3, 0.4) is 0 Å². The number of carbonyl (C=O) groups excluding carboxylic acids is 1. The maximum Gasteiger partial charge on any atom is 0.223 e. The lowest BCUT2D eigenvalue weighted by Crippen LogP contribution is -2.44. The fourth-order valence-corrected chi connectivity index (χ4v) is 5.34. The molecule has 0 aliphatic carbocycles. The van der Waals surface area contributed by atoms with Crippen molar-refractivity contribution in [3.05, 3.63) is 24.3 Å². The lowest BCUT2D eigenvalue weighted by molar-refractivity contribution is -0.126. The minimum Gasteiger partial charge on any atom is -0.352 e. The number of nitrogens with zero attached hydrogens (tertiary/aromatic N) is 2. The molecule has 7 nitrogen and oxygen atoms in total. The van der Waals surface area contributed by atoms with Gasteiger partial charge in [-0.2, -0.15) is 0 Å². The summed E-state index contributed by atoms with van der Waals surface area (Å²) in [6.45, 7) is 1.53. The van der Waals surface area contributed by atoms with E-state index < -0.39 is 9.84 Å². The smallest absolute Gasteiger partial charge is 0.223 e. The fraction of sp³-hybridized carbons (Fsp3) is 0.529. The number of amides is 1. The van der Waals surface area contributed by atoms with Crippen molar-refractivity contribution >= 4 is 32.7 Å². The van der Waals surface area contributed by atoms with Crippen molar-refractivity contribution < 1.29 is 13.2 Å². The first-order chi connectivity index (χ1) is 12.0. The van der Waals surface area contributed by atoms with E-state index in [9.17, 15) is 13.2 Å². The summed E-state index contributed by atoms with van der Waals surface area (Å²) >= 11 is 0. The van der Waals surface area contributed by atoms with E-state index in [2.05, 4.69) is 20.2 Å². The Balaban J connectivity index is 1.34. The maximum absolute atomic E-state index is 12.4. The second-order valence-electron chi connectivity index (χ2n) is 6.95. The number of rotatable bonds is 3. The van der Waals surface area contributed by atoms with Gasteiger partial charge in [0.1, 0.15) is 0 Å². The Morgan fingerprint density at radius 1 is 1.20 bits per heavy atom. The van der Waals surface area contributed by atoms with Gasteiger partial charge in [0, 0.05) is 25.0 Å². The summed E-state index contributed by atoms with van der Waals surface area (Å²) in [5.41, 5.74) is 1.96. The quantitative estimate of drug-likeness (QED) is 0.852. The molecule has 1 amide bonds. The van der Waals surface area contributed by atoms with E-state index in [-0.39, 0.29) is 29.4 Å². The number of anilines is 1. The molecule has 0 spiro atoms. The lowest BCUT2D eigenvalue weighted by atomic mass is 9.95.